The summed E-state index contributed by atoms with van der Waals surface area (Å²) in [6.45, 7) is 9.25. The van der Waals surface area contributed by atoms with Crippen molar-refractivity contribution in [2.75, 3.05) is 13.2 Å². The number of benzene rings is 2. The Hall–Kier alpha value is -3.69. The average Bonchev–Trinajstić information content (AvgIpc) is 3.18. The molecule has 204 valence electrons. The highest BCUT2D eigenvalue weighted by Gasteiger charge is 2.34. The van der Waals surface area contributed by atoms with Crippen LogP contribution in [0.25, 0.3) is 6.08 Å². The second-order valence-corrected chi connectivity index (χ2v) is 10.7. The van der Waals surface area contributed by atoms with Gasteiger partial charge in [0.15, 0.2) is 16.3 Å². The molecule has 0 N–H and O–H groups in total. The van der Waals surface area contributed by atoms with Gasteiger partial charge in [-0.1, -0.05) is 61.1 Å². The lowest BCUT2D eigenvalue weighted by molar-refractivity contribution is -0.140. The minimum atomic E-state index is -0.847. The standard InChI is InChI=1S/C29H29ClN2O6S/c1-6-36-23-13-20(11-12-22(23)38-18(5)33)26-25(28(35)37-15-16(2)3)17(4)31-29-32(26)27(34)24(39-29)14-19-9-7-8-10-21(19)30/h7-14,16,26H,6,15H2,1-5H3. The van der Waals surface area contributed by atoms with Gasteiger partial charge in [-0.05, 0) is 55.2 Å². The molecule has 0 amide bonds. The summed E-state index contributed by atoms with van der Waals surface area (Å²) in [6, 6.07) is 11.3. The molecule has 0 radical (unpaired) electrons. The fourth-order valence-corrected chi connectivity index (χ4v) is 5.38. The Bertz CT molecular complexity index is 1640. The largest absolute Gasteiger partial charge is 0.490 e. The van der Waals surface area contributed by atoms with E-state index in [0.717, 1.165) is 0 Å². The molecule has 10 heteroatoms. The number of nitrogens with zero attached hydrogens (tertiary/aromatic N) is 2. The SMILES string of the molecule is CCOc1cc(C2C(C(=O)OCC(C)C)=C(C)N=c3sc(=Cc4ccccc4Cl)c(=O)n32)ccc1OC(C)=O. The molecule has 1 atom stereocenters. The number of fused-ring (bicyclic) bond motifs is 1. The Labute approximate surface area is 234 Å². The molecule has 0 saturated carbocycles. The van der Waals surface area contributed by atoms with Gasteiger partial charge in [0, 0.05) is 11.9 Å². The minimum Gasteiger partial charge on any atom is -0.490 e. The first-order chi connectivity index (χ1) is 18.6. The van der Waals surface area contributed by atoms with Crippen LogP contribution in [0.2, 0.25) is 5.02 Å². The van der Waals surface area contributed by atoms with Gasteiger partial charge in [-0.2, -0.15) is 0 Å². The number of aromatic nitrogens is 1. The maximum Gasteiger partial charge on any atom is 0.338 e. The summed E-state index contributed by atoms with van der Waals surface area (Å²) in [4.78, 5) is 43.9. The maximum atomic E-state index is 13.8. The summed E-state index contributed by atoms with van der Waals surface area (Å²) in [5.74, 6) is -0.378. The lowest BCUT2D eigenvalue weighted by atomic mass is 9.95. The number of rotatable bonds is 8. The van der Waals surface area contributed by atoms with Crippen LogP contribution in [0.1, 0.15) is 51.8 Å². The molecule has 0 spiro atoms. The molecule has 4 rings (SSSR count). The summed E-state index contributed by atoms with van der Waals surface area (Å²) < 4.78 is 18.6. The van der Waals surface area contributed by atoms with Gasteiger partial charge in [-0.15, -0.1) is 0 Å². The first-order valence-corrected chi connectivity index (χ1v) is 13.7. The van der Waals surface area contributed by atoms with E-state index in [2.05, 4.69) is 4.99 Å². The Kier molecular flexibility index (Phi) is 8.72. The number of halogens is 1. The van der Waals surface area contributed by atoms with Gasteiger partial charge in [0.2, 0.25) is 0 Å². The van der Waals surface area contributed by atoms with E-state index in [0.29, 0.717) is 43.5 Å². The molecule has 39 heavy (non-hydrogen) atoms. The molecule has 1 aliphatic rings. The number of carbonyl (C=O) groups excluding carboxylic acids is 2. The number of esters is 2. The third-order valence-electron chi connectivity index (χ3n) is 5.82. The van der Waals surface area contributed by atoms with Crippen molar-refractivity contribution in [3.8, 4) is 11.5 Å². The summed E-state index contributed by atoms with van der Waals surface area (Å²) in [6.07, 6.45) is 1.72. The van der Waals surface area contributed by atoms with Gasteiger partial charge in [-0.25, -0.2) is 9.79 Å². The van der Waals surface area contributed by atoms with Crippen molar-refractivity contribution < 1.29 is 23.8 Å². The van der Waals surface area contributed by atoms with Crippen LogP contribution < -0.4 is 24.4 Å². The van der Waals surface area contributed by atoms with Crippen LogP contribution in [-0.2, 0) is 14.3 Å². The molecule has 1 aromatic heterocycles. The highest BCUT2D eigenvalue weighted by Crippen LogP contribution is 2.36. The fourth-order valence-electron chi connectivity index (χ4n) is 4.15. The molecule has 1 aliphatic heterocycles. The molecule has 0 aliphatic carbocycles. The van der Waals surface area contributed by atoms with Gasteiger partial charge < -0.3 is 14.2 Å². The molecular weight excluding hydrogens is 540 g/mol. The van der Waals surface area contributed by atoms with E-state index in [1.807, 2.05) is 32.0 Å². The van der Waals surface area contributed by atoms with E-state index in [1.165, 1.54) is 22.8 Å². The smallest absolute Gasteiger partial charge is 0.338 e. The molecule has 8 nitrogen and oxygen atoms in total. The summed E-state index contributed by atoms with van der Waals surface area (Å²) >= 11 is 7.55. The van der Waals surface area contributed by atoms with Crippen molar-refractivity contribution in [1.29, 1.82) is 0 Å². The minimum absolute atomic E-state index is 0.123. The highest BCUT2D eigenvalue weighted by molar-refractivity contribution is 7.07. The molecule has 1 unspecified atom stereocenters. The molecule has 2 heterocycles. The van der Waals surface area contributed by atoms with Crippen LogP contribution in [0.5, 0.6) is 11.5 Å². The van der Waals surface area contributed by atoms with E-state index >= 15 is 0 Å². The van der Waals surface area contributed by atoms with Crippen molar-refractivity contribution >= 4 is 41.0 Å². The third kappa shape index (κ3) is 6.15. The van der Waals surface area contributed by atoms with E-state index < -0.39 is 18.0 Å². The van der Waals surface area contributed by atoms with Gasteiger partial charge >= 0.3 is 11.9 Å². The van der Waals surface area contributed by atoms with E-state index in [-0.39, 0.29) is 29.4 Å². The zero-order chi connectivity index (χ0) is 28.3. The number of hydrogen-bond acceptors (Lipinski definition) is 8. The topological polar surface area (TPSA) is 96.2 Å². The van der Waals surface area contributed by atoms with Crippen LogP contribution in [-0.4, -0.2) is 29.7 Å². The Morgan fingerprint density at radius 1 is 1.18 bits per heavy atom. The van der Waals surface area contributed by atoms with Crippen LogP contribution >= 0.6 is 22.9 Å². The lowest BCUT2D eigenvalue weighted by Gasteiger charge is -2.25. The predicted molar refractivity (Wildman–Crippen MR) is 150 cm³/mol. The Morgan fingerprint density at radius 3 is 2.59 bits per heavy atom. The summed E-state index contributed by atoms with van der Waals surface area (Å²) in [5.41, 5.74) is 1.63. The fraction of sp³-hybridized carbons (Fsp3) is 0.310. The normalized spacial score (nSPS) is 15.2. The van der Waals surface area contributed by atoms with Crippen molar-refractivity contribution in [2.45, 2.75) is 40.7 Å². The molecular formula is C29H29ClN2O6S. The average molecular weight is 569 g/mol. The molecule has 0 bridgehead atoms. The van der Waals surface area contributed by atoms with Crippen LogP contribution in [0.3, 0.4) is 0 Å². The maximum absolute atomic E-state index is 13.8. The number of hydrogen-bond donors (Lipinski definition) is 0. The van der Waals surface area contributed by atoms with Crippen molar-refractivity contribution in [1.82, 2.24) is 4.57 Å². The van der Waals surface area contributed by atoms with Crippen LogP contribution in [0.15, 0.2) is 63.5 Å². The van der Waals surface area contributed by atoms with Crippen molar-refractivity contribution in [3.05, 3.63) is 89.6 Å². The predicted octanol–water partition coefficient (Wildman–Crippen LogP) is 4.41. The summed E-state index contributed by atoms with van der Waals surface area (Å²) in [5, 5.41) is 0.511. The first kappa shape index (κ1) is 28.3. The summed E-state index contributed by atoms with van der Waals surface area (Å²) in [7, 11) is 0. The van der Waals surface area contributed by atoms with Crippen molar-refractivity contribution in [3.63, 3.8) is 0 Å². The second-order valence-electron chi connectivity index (χ2n) is 9.33. The van der Waals surface area contributed by atoms with Crippen LogP contribution in [0.4, 0.5) is 0 Å². The third-order valence-corrected chi connectivity index (χ3v) is 7.15. The molecule has 0 saturated heterocycles. The van der Waals surface area contributed by atoms with E-state index in [1.54, 1.807) is 44.2 Å². The van der Waals surface area contributed by atoms with E-state index in [4.69, 9.17) is 25.8 Å². The number of thiazole rings is 1. The zero-order valence-electron chi connectivity index (χ0n) is 22.3. The quantitative estimate of drug-likeness (QED) is 0.295. The van der Waals surface area contributed by atoms with Gasteiger partial charge in [0.25, 0.3) is 5.56 Å². The number of ether oxygens (including phenoxy) is 3. The Balaban J connectivity index is 1.94. The van der Waals surface area contributed by atoms with Gasteiger partial charge in [-0.3, -0.25) is 14.2 Å². The number of allylic oxidation sites excluding steroid dienone is 1. The lowest BCUT2D eigenvalue weighted by Crippen LogP contribution is -2.40. The highest BCUT2D eigenvalue weighted by atomic mass is 35.5. The Morgan fingerprint density at radius 2 is 1.92 bits per heavy atom. The zero-order valence-corrected chi connectivity index (χ0v) is 23.9. The molecule has 2 aromatic carbocycles. The molecule has 0 fully saturated rings. The first-order valence-electron chi connectivity index (χ1n) is 12.5. The molecule has 3 aromatic rings. The van der Waals surface area contributed by atoms with Gasteiger partial charge in [0.1, 0.15) is 0 Å². The monoisotopic (exact) mass is 568 g/mol. The van der Waals surface area contributed by atoms with Crippen molar-refractivity contribution in [2.24, 2.45) is 10.9 Å². The number of carbonyl (C=O) groups is 2. The van der Waals surface area contributed by atoms with E-state index in [9.17, 15) is 14.4 Å². The second kappa shape index (κ2) is 12.0. The van der Waals surface area contributed by atoms with Crippen LogP contribution in [0, 0.1) is 5.92 Å². The van der Waals surface area contributed by atoms with Gasteiger partial charge in [0.05, 0.1) is 35.1 Å².